The molecule has 11 heteroatoms. The fourth-order valence-electron chi connectivity index (χ4n) is 4.51. The summed E-state index contributed by atoms with van der Waals surface area (Å²) in [7, 11) is 3.02. The minimum absolute atomic E-state index is 0.00507. The highest BCUT2D eigenvalue weighted by Gasteiger charge is 2.19. The molecular weight excluding hydrogens is 633 g/mol. The number of para-hydroxylation sites is 1. The van der Waals surface area contributed by atoms with Gasteiger partial charge < -0.3 is 25.4 Å². The van der Waals surface area contributed by atoms with E-state index in [4.69, 9.17) is 9.47 Å². The van der Waals surface area contributed by atoms with Crippen molar-refractivity contribution in [3.63, 3.8) is 0 Å². The number of hydrogen-bond donors (Lipinski definition) is 3. The molecule has 5 aromatic rings. The number of thioether (sulfide) groups is 1. The summed E-state index contributed by atoms with van der Waals surface area (Å²) in [5, 5.41) is 10.5. The largest absolute Gasteiger partial charge is 0.493 e. The van der Waals surface area contributed by atoms with Crippen LogP contribution in [-0.2, 0) is 9.59 Å². The minimum Gasteiger partial charge on any atom is -0.493 e. The molecule has 0 aliphatic rings. The van der Waals surface area contributed by atoms with Gasteiger partial charge in [-0.2, -0.15) is 0 Å². The lowest BCUT2D eigenvalue weighted by atomic mass is 10.1. The fourth-order valence-corrected chi connectivity index (χ4v) is 6.16. The lowest BCUT2D eigenvalue weighted by molar-refractivity contribution is -0.115. The van der Waals surface area contributed by atoms with Crippen LogP contribution in [-0.4, -0.2) is 42.2 Å². The van der Waals surface area contributed by atoms with E-state index in [1.165, 1.54) is 43.4 Å². The van der Waals surface area contributed by atoms with Crippen molar-refractivity contribution in [2.45, 2.75) is 17.1 Å². The fraction of sp³-hybridized carbons (Fsp3) is 0.111. The van der Waals surface area contributed by atoms with Crippen molar-refractivity contribution in [3.05, 3.63) is 125 Å². The first-order valence-electron chi connectivity index (χ1n) is 14.5. The molecule has 3 amide bonds. The number of carbonyl (C=O) groups excluding carboxylic acids is 3. The highest BCUT2D eigenvalue weighted by Crippen LogP contribution is 2.33. The molecule has 0 aliphatic heterocycles. The number of nitrogens with zero attached hydrogens (tertiary/aromatic N) is 1. The van der Waals surface area contributed by atoms with E-state index < -0.39 is 17.1 Å². The van der Waals surface area contributed by atoms with Crippen LogP contribution in [0.5, 0.6) is 11.5 Å². The van der Waals surface area contributed by atoms with E-state index in [0.29, 0.717) is 33.4 Å². The summed E-state index contributed by atoms with van der Waals surface area (Å²) in [6.45, 7) is 1.80. The first-order valence-corrected chi connectivity index (χ1v) is 16.3. The van der Waals surface area contributed by atoms with Crippen LogP contribution in [0.1, 0.15) is 22.8 Å². The molecule has 4 aromatic carbocycles. The molecule has 1 heterocycles. The maximum absolute atomic E-state index is 13.6. The Bertz CT molecular complexity index is 1890. The van der Waals surface area contributed by atoms with Crippen molar-refractivity contribution in [2.75, 3.05) is 24.9 Å². The molecule has 0 saturated carbocycles. The van der Waals surface area contributed by atoms with Gasteiger partial charge in [0.15, 0.2) is 16.6 Å². The number of benzene rings is 4. The Balaban J connectivity index is 1.30. The molecular formula is C36H32N4O5S2. The van der Waals surface area contributed by atoms with Gasteiger partial charge in [-0.25, -0.2) is 4.98 Å². The third-order valence-electron chi connectivity index (χ3n) is 6.84. The van der Waals surface area contributed by atoms with E-state index in [9.17, 15) is 14.4 Å². The molecule has 0 aliphatic carbocycles. The Morgan fingerprint density at radius 3 is 2.30 bits per heavy atom. The smallest absolute Gasteiger partial charge is 0.272 e. The molecule has 9 nitrogen and oxygen atoms in total. The first-order chi connectivity index (χ1) is 22.8. The van der Waals surface area contributed by atoms with Crippen molar-refractivity contribution in [2.24, 2.45) is 0 Å². The maximum atomic E-state index is 13.6. The van der Waals surface area contributed by atoms with Crippen LogP contribution in [0.25, 0.3) is 17.3 Å². The standard InChI is InChI=1S/C36H32N4O5S2/c1-23(33(41)40-36-39-30(22-46-36)24-12-6-4-7-13-24)47-28-18-11-17-27(21-28)37-35(43)29(38-34(42)25-14-8-5-9-15-25)20-26-16-10-19-31(44-2)32(26)45-3/h4-23H,1-3H3,(H,37,43)(H,38,42)(H,39,40,41)/b29-20+. The molecule has 0 saturated heterocycles. The molecule has 1 unspecified atom stereocenters. The van der Waals surface area contributed by atoms with Crippen molar-refractivity contribution < 1.29 is 23.9 Å². The second-order valence-electron chi connectivity index (χ2n) is 10.1. The van der Waals surface area contributed by atoms with E-state index in [-0.39, 0.29) is 11.6 Å². The lowest BCUT2D eigenvalue weighted by Gasteiger charge is -2.15. The Morgan fingerprint density at radius 1 is 0.851 bits per heavy atom. The van der Waals surface area contributed by atoms with E-state index in [1.54, 1.807) is 73.7 Å². The summed E-state index contributed by atoms with van der Waals surface area (Å²) in [5.41, 5.74) is 3.18. The molecule has 1 atom stereocenters. The second kappa shape index (κ2) is 15.7. The van der Waals surface area contributed by atoms with Crippen molar-refractivity contribution >= 4 is 57.7 Å². The summed E-state index contributed by atoms with van der Waals surface area (Å²) < 4.78 is 10.9. The maximum Gasteiger partial charge on any atom is 0.272 e. The average Bonchev–Trinajstić information content (AvgIpc) is 3.57. The number of ether oxygens (including phenoxy) is 2. The molecule has 0 fully saturated rings. The number of aromatic nitrogens is 1. The van der Waals surface area contributed by atoms with Gasteiger partial charge >= 0.3 is 0 Å². The van der Waals surface area contributed by atoms with Gasteiger partial charge in [-0.05, 0) is 49.4 Å². The minimum atomic E-state index is -0.551. The molecule has 47 heavy (non-hydrogen) atoms. The number of carbonyl (C=O) groups is 3. The Kier molecular flexibility index (Phi) is 11.1. The third kappa shape index (κ3) is 8.66. The van der Waals surface area contributed by atoms with Gasteiger partial charge in [-0.3, -0.25) is 14.4 Å². The van der Waals surface area contributed by atoms with Crippen LogP contribution in [0, 0.1) is 0 Å². The van der Waals surface area contributed by atoms with Crippen molar-refractivity contribution in [1.82, 2.24) is 10.3 Å². The molecule has 3 N–H and O–H groups in total. The highest BCUT2D eigenvalue weighted by atomic mass is 32.2. The number of thiazole rings is 1. The van der Waals surface area contributed by atoms with Crippen LogP contribution in [0.4, 0.5) is 10.8 Å². The summed E-state index contributed by atoms with van der Waals surface area (Å²) in [5.74, 6) is -0.308. The van der Waals surface area contributed by atoms with Gasteiger partial charge in [0.1, 0.15) is 5.70 Å². The van der Waals surface area contributed by atoms with E-state index >= 15 is 0 Å². The van der Waals surface area contributed by atoms with Crippen LogP contribution < -0.4 is 25.4 Å². The number of methoxy groups -OCH3 is 2. The van der Waals surface area contributed by atoms with Gasteiger partial charge in [-0.1, -0.05) is 66.7 Å². The van der Waals surface area contributed by atoms with Crippen molar-refractivity contribution in [3.8, 4) is 22.8 Å². The predicted octanol–water partition coefficient (Wildman–Crippen LogP) is 7.36. The third-order valence-corrected chi connectivity index (χ3v) is 8.69. The summed E-state index contributed by atoms with van der Waals surface area (Å²) in [6.07, 6.45) is 1.53. The quantitative estimate of drug-likeness (QED) is 0.0943. The molecule has 0 bridgehead atoms. The van der Waals surface area contributed by atoms with Crippen LogP contribution in [0.15, 0.2) is 119 Å². The SMILES string of the molecule is COc1cccc(/C=C(/NC(=O)c2ccccc2)C(=O)Nc2cccc(SC(C)C(=O)Nc3nc(-c4ccccc4)cs3)c2)c1OC. The second-order valence-corrected chi connectivity index (χ2v) is 12.4. The number of nitrogens with one attached hydrogen (secondary N) is 3. The zero-order valence-corrected chi connectivity index (χ0v) is 27.5. The van der Waals surface area contributed by atoms with Gasteiger partial charge in [0.25, 0.3) is 11.8 Å². The molecule has 0 spiro atoms. The first kappa shape index (κ1) is 33.0. The number of hydrogen-bond acceptors (Lipinski definition) is 8. The Labute approximate surface area is 281 Å². The Morgan fingerprint density at radius 2 is 1.57 bits per heavy atom. The number of anilines is 2. The van der Waals surface area contributed by atoms with Crippen molar-refractivity contribution in [1.29, 1.82) is 0 Å². The molecule has 1 aromatic heterocycles. The summed E-state index contributed by atoms with van der Waals surface area (Å²) in [6, 6.07) is 30.8. The zero-order valence-electron chi connectivity index (χ0n) is 25.9. The topological polar surface area (TPSA) is 119 Å². The van der Waals surface area contributed by atoms with E-state index in [1.807, 2.05) is 41.8 Å². The van der Waals surface area contributed by atoms with Crippen LogP contribution in [0.2, 0.25) is 0 Å². The summed E-state index contributed by atoms with van der Waals surface area (Å²) >= 11 is 2.71. The normalized spacial score (nSPS) is 11.7. The van der Waals surface area contributed by atoms with Gasteiger partial charge in [-0.15, -0.1) is 23.1 Å². The van der Waals surface area contributed by atoms with Gasteiger partial charge in [0, 0.05) is 32.7 Å². The molecule has 5 rings (SSSR count). The van der Waals surface area contributed by atoms with Gasteiger partial charge in [0.05, 0.1) is 25.2 Å². The lowest BCUT2D eigenvalue weighted by Crippen LogP contribution is -2.30. The predicted molar refractivity (Wildman–Crippen MR) is 188 cm³/mol. The van der Waals surface area contributed by atoms with Gasteiger partial charge in [0.2, 0.25) is 5.91 Å². The van der Waals surface area contributed by atoms with Crippen LogP contribution in [0.3, 0.4) is 0 Å². The average molecular weight is 665 g/mol. The summed E-state index contributed by atoms with van der Waals surface area (Å²) in [4.78, 5) is 45.0. The monoisotopic (exact) mass is 664 g/mol. The number of rotatable bonds is 12. The zero-order chi connectivity index (χ0) is 33.2. The molecule has 0 radical (unpaired) electrons. The van der Waals surface area contributed by atoms with E-state index in [2.05, 4.69) is 20.9 Å². The molecule has 238 valence electrons. The van der Waals surface area contributed by atoms with Crippen LogP contribution >= 0.6 is 23.1 Å². The number of amides is 3. The highest BCUT2D eigenvalue weighted by molar-refractivity contribution is 8.00. The van der Waals surface area contributed by atoms with E-state index in [0.717, 1.165) is 16.2 Å². The Hall–Kier alpha value is -5.39.